The zero-order chi connectivity index (χ0) is 15.0. The molecule has 2 aromatic carbocycles. The second-order valence-corrected chi connectivity index (χ2v) is 6.01. The van der Waals surface area contributed by atoms with E-state index in [-0.39, 0.29) is 0 Å². The van der Waals surface area contributed by atoms with Gasteiger partial charge in [0.25, 0.3) is 0 Å². The van der Waals surface area contributed by atoms with Crippen molar-refractivity contribution in [2.75, 3.05) is 5.73 Å². The van der Waals surface area contributed by atoms with Gasteiger partial charge in [0.15, 0.2) is 5.82 Å². The van der Waals surface area contributed by atoms with E-state index in [1.807, 2.05) is 18.2 Å². The van der Waals surface area contributed by atoms with Gasteiger partial charge in [-0.3, -0.25) is 0 Å². The van der Waals surface area contributed by atoms with E-state index < -0.39 is 5.82 Å². The molecule has 2 N–H and O–H groups in total. The fourth-order valence-electron chi connectivity index (χ4n) is 1.89. The zero-order valence-corrected chi connectivity index (χ0v) is 13.6. The summed E-state index contributed by atoms with van der Waals surface area (Å²) < 4.78 is 16.7. The topological polar surface area (TPSA) is 69.6 Å². The number of nitrogens with zero attached hydrogens (tertiary/aromatic N) is 4. The van der Waals surface area contributed by atoms with Crippen molar-refractivity contribution in [2.45, 2.75) is 0 Å². The van der Waals surface area contributed by atoms with E-state index in [1.54, 1.807) is 0 Å². The highest BCUT2D eigenvalue weighted by molar-refractivity contribution is 9.11. The second-order valence-electron chi connectivity index (χ2n) is 4.24. The van der Waals surface area contributed by atoms with Gasteiger partial charge in [0.1, 0.15) is 5.82 Å². The van der Waals surface area contributed by atoms with Crippen LogP contribution in [0, 0.1) is 5.82 Å². The molecule has 5 nitrogen and oxygen atoms in total. The van der Waals surface area contributed by atoms with E-state index in [1.165, 1.54) is 22.9 Å². The van der Waals surface area contributed by atoms with Crippen LogP contribution in [0.2, 0.25) is 0 Å². The maximum absolute atomic E-state index is 13.5. The number of halogens is 3. The highest BCUT2D eigenvalue weighted by atomic mass is 79.9. The molecule has 1 heterocycles. The molecule has 0 radical (unpaired) electrons. The van der Waals surface area contributed by atoms with Crippen molar-refractivity contribution in [3.05, 3.63) is 51.2 Å². The Balaban J connectivity index is 2.19. The maximum atomic E-state index is 13.5. The fourth-order valence-corrected chi connectivity index (χ4v) is 3.11. The molecule has 0 saturated heterocycles. The van der Waals surface area contributed by atoms with Crippen molar-refractivity contribution in [3.8, 4) is 17.1 Å². The largest absolute Gasteiger partial charge is 0.398 e. The Hall–Kier alpha value is -1.80. The molecule has 0 spiro atoms. The number of hydrogen-bond acceptors (Lipinski definition) is 4. The van der Waals surface area contributed by atoms with Gasteiger partial charge in [0.2, 0.25) is 0 Å². The number of benzene rings is 2. The van der Waals surface area contributed by atoms with Gasteiger partial charge in [-0.15, -0.1) is 5.10 Å². The van der Waals surface area contributed by atoms with E-state index >= 15 is 0 Å². The number of tetrazole rings is 1. The Morgan fingerprint density at radius 3 is 2.67 bits per heavy atom. The molecular weight excluding hydrogens is 405 g/mol. The molecule has 0 unspecified atom stereocenters. The van der Waals surface area contributed by atoms with Crippen molar-refractivity contribution in [2.24, 2.45) is 0 Å². The monoisotopic (exact) mass is 411 g/mol. The van der Waals surface area contributed by atoms with E-state index in [0.29, 0.717) is 17.1 Å². The third-order valence-corrected chi connectivity index (χ3v) is 3.99. The minimum Gasteiger partial charge on any atom is -0.398 e. The Morgan fingerprint density at radius 2 is 1.90 bits per heavy atom. The number of rotatable bonds is 2. The standard InChI is InChI=1S/C13H8Br2FN5/c14-7-1-4-12(10(15)5-7)21-13(18-19-20-21)9-6-8(16)2-3-11(9)17/h1-6H,17H2. The lowest BCUT2D eigenvalue weighted by molar-refractivity contribution is 0.628. The Bertz CT molecular complexity index is 818. The average Bonchev–Trinajstić information content (AvgIpc) is 2.90. The van der Waals surface area contributed by atoms with Gasteiger partial charge in [-0.05, 0) is 62.8 Å². The van der Waals surface area contributed by atoms with Gasteiger partial charge in [-0.2, -0.15) is 4.68 Å². The van der Waals surface area contributed by atoms with E-state index in [2.05, 4.69) is 47.4 Å². The van der Waals surface area contributed by atoms with Crippen LogP contribution in [0.1, 0.15) is 0 Å². The first kappa shape index (κ1) is 14.2. The zero-order valence-electron chi connectivity index (χ0n) is 10.5. The van der Waals surface area contributed by atoms with Crippen LogP contribution in [-0.2, 0) is 0 Å². The lowest BCUT2D eigenvalue weighted by atomic mass is 10.1. The smallest absolute Gasteiger partial charge is 0.189 e. The van der Waals surface area contributed by atoms with Crippen molar-refractivity contribution in [1.29, 1.82) is 0 Å². The first-order valence-electron chi connectivity index (χ1n) is 5.85. The highest BCUT2D eigenvalue weighted by Crippen LogP contribution is 2.30. The van der Waals surface area contributed by atoms with Gasteiger partial charge in [0, 0.05) is 20.2 Å². The second kappa shape index (κ2) is 5.53. The lowest BCUT2D eigenvalue weighted by Gasteiger charge is -2.09. The van der Waals surface area contributed by atoms with Crippen LogP contribution in [0.3, 0.4) is 0 Å². The lowest BCUT2D eigenvalue weighted by Crippen LogP contribution is -2.03. The van der Waals surface area contributed by atoms with Gasteiger partial charge >= 0.3 is 0 Å². The molecule has 0 aliphatic rings. The first-order chi connectivity index (χ1) is 10.1. The van der Waals surface area contributed by atoms with Crippen LogP contribution in [0.15, 0.2) is 45.3 Å². The molecule has 0 amide bonds. The molecule has 3 aromatic rings. The third-order valence-electron chi connectivity index (χ3n) is 2.86. The van der Waals surface area contributed by atoms with Crippen molar-refractivity contribution < 1.29 is 4.39 Å². The SMILES string of the molecule is Nc1ccc(F)cc1-c1nnnn1-c1ccc(Br)cc1Br. The van der Waals surface area contributed by atoms with Gasteiger partial charge in [0.05, 0.1) is 5.69 Å². The summed E-state index contributed by atoms with van der Waals surface area (Å²) >= 11 is 6.84. The minimum atomic E-state index is -0.399. The number of nitrogen functional groups attached to an aromatic ring is 1. The Morgan fingerprint density at radius 1 is 1.10 bits per heavy atom. The molecule has 3 rings (SSSR count). The molecule has 0 saturated carbocycles. The number of hydrogen-bond donors (Lipinski definition) is 1. The summed E-state index contributed by atoms with van der Waals surface area (Å²) in [7, 11) is 0. The number of nitrogens with two attached hydrogens (primary N) is 1. The third kappa shape index (κ3) is 2.68. The molecule has 21 heavy (non-hydrogen) atoms. The Kier molecular flexibility index (Phi) is 3.73. The molecular formula is C13H8Br2FN5. The summed E-state index contributed by atoms with van der Waals surface area (Å²) in [6.45, 7) is 0. The van der Waals surface area contributed by atoms with Crippen molar-refractivity contribution in [3.63, 3.8) is 0 Å². The van der Waals surface area contributed by atoms with Crippen molar-refractivity contribution in [1.82, 2.24) is 20.2 Å². The average molecular weight is 413 g/mol. The summed E-state index contributed by atoms with van der Waals surface area (Å²) in [4.78, 5) is 0. The van der Waals surface area contributed by atoms with E-state index in [4.69, 9.17) is 5.73 Å². The van der Waals surface area contributed by atoms with Crippen LogP contribution in [-0.4, -0.2) is 20.2 Å². The highest BCUT2D eigenvalue weighted by Gasteiger charge is 2.16. The maximum Gasteiger partial charge on any atom is 0.189 e. The fraction of sp³-hybridized carbons (Fsp3) is 0. The van der Waals surface area contributed by atoms with Crippen LogP contribution in [0.5, 0.6) is 0 Å². The van der Waals surface area contributed by atoms with Crippen LogP contribution < -0.4 is 5.73 Å². The minimum absolute atomic E-state index is 0.370. The predicted molar refractivity (Wildman–Crippen MR) is 84.4 cm³/mol. The van der Waals surface area contributed by atoms with Gasteiger partial charge < -0.3 is 5.73 Å². The van der Waals surface area contributed by atoms with Gasteiger partial charge in [-0.1, -0.05) is 15.9 Å². The molecule has 0 aliphatic carbocycles. The summed E-state index contributed by atoms with van der Waals surface area (Å²) in [5, 5.41) is 11.6. The summed E-state index contributed by atoms with van der Waals surface area (Å²) in [5.41, 5.74) is 7.46. The summed E-state index contributed by atoms with van der Waals surface area (Å²) in [6.07, 6.45) is 0. The number of anilines is 1. The van der Waals surface area contributed by atoms with Crippen molar-refractivity contribution >= 4 is 37.5 Å². The van der Waals surface area contributed by atoms with Crippen LogP contribution in [0.25, 0.3) is 17.1 Å². The quantitative estimate of drug-likeness (QED) is 0.653. The molecule has 0 aliphatic heterocycles. The predicted octanol–water partition coefficient (Wildman–Crippen LogP) is 3.58. The molecule has 0 atom stereocenters. The van der Waals surface area contributed by atoms with E-state index in [9.17, 15) is 4.39 Å². The summed E-state index contributed by atoms with van der Waals surface area (Å²) in [5.74, 6) is -0.0290. The van der Waals surface area contributed by atoms with E-state index in [0.717, 1.165) is 14.6 Å². The normalized spacial score (nSPS) is 10.8. The van der Waals surface area contributed by atoms with Gasteiger partial charge in [-0.25, -0.2) is 4.39 Å². The molecule has 106 valence electrons. The number of aromatic nitrogens is 4. The Labute approximate surface area is 136 Å². The summed E-state index contributed by atoms with van der Waals surface area (Å²) in [6, 6.07) is 9.66. The molecule has 0 bridgehead atoms. The first-order valence-corrected chi connectivity index (χ1v) is 7.44. The van der Waals surface area contributed by atoms with Crippen LogP contribution >= 0.6 is 31.9 Å². The van der Waals surface area contributed by atoms with Crippen LogP contribution in [0.4, 0.5) is 10.1 Å². The molecule has 8 heteroatoms. The molecule has 0 fully saturated rings. The molecule has 1 aromatic heterocycles.